The Balaban J connectivity index is 2.36. The Morgan fingerprint density at radius 3 is 2.36 bits per heavy atom. The van der Waals surface area contributed by atoms with Gasteiger partial charge in [-0.25, -0.2) is 0 Å². The van der Waals surface area contributed by atoms with Crippen molar-refractivity contribution in [2.24, 2.45) is 12.8 Å². The van der Waals surface area contributed by atoms with E-state index in [-0.39, 0.29) is 23.3 Å². The first-order valence-electron chi connectivity index (χ1n) is 9.06. The lowest BCUT2D eigenvalue weighted by molar-refractivity contribution is -0.117. The zero-order chi connectivity index (χ0) is 18.8. The first-order valence-corrected chi connectivity index (χ1v) is 9.06. The highest BCUT2D eigenvalue weighted by Crippen LogP contribution is 2.31. The Morgan fingerprint density at radius 1 is 1.24 bits per heavy atom. The van der Waals surface area contributed by atoms with Crippen LogP contribution < -0.4 is 16.4 Å². The number of anilines is 1. The molecule has 7 heteroatoms. The summed E-state index contributed by atoms with van der Waals surface area (Å²) in [4.78, 5) is 25.1. The van der Waals surface area contributed by atoms with Crippen LogP contribution in [0.2, 0.25) is 0 Å². The maximum Gasteiger partial charge on any atom is 0.271 e. The molecule has 2 rings (SSSR count). The van der Waals surface area contributed by atoms with Crippen molar-refractivity contribution in [3.63, 3.8) is 0 Å². The highest BCUT2D eigenvalue weighted by Gasteiger charge is 2.31. The van der Waals surface area contributed by atoms with E-state index >= 15 is 0 Å². The predicted octanol–water partition coefficient (Wildman–Crippen LogP) is 2.07. The SMILES string of the molecule is CC(N)C(=O)Nc1c(C(C)(C)C)nn(C)c1C(=O)NC1CCCCC1. The fourth-order valence-electron chi connectivity index (χ4n) is 3.17. The summed E-state index contributed by atoms with van der Waals surface area (Å²) in [7, 11) is 1.73. The van der Waals surface area contributed by atoms with Crippen LogP contribution in [0, 0.1) is 0 Å². The smallest absolute Gasteiger partial charge is 0.271 e. The summed E-state index contributed by atoms with van der Waals surface area (Å²) in [6.07, 6.45) is 5.49. The van der Waals surface area contributed by atoms with Gasteiger partial charge in [0.15, 0.2) is 0 Å². The zero-order valence-electron chi connectivity index (χ0n) is 16.0. The molecule has 1 atom stereocenters. The fourth-order valence-corrected chi connectivity index (χ4v) is 3.17. The van der Waals surface area contributed by atoms with Crippen LogP contribution in [0.25, 0.3) is 0 Å². The van der Waals surface area contributed by atoms with Gasteiger partial charge in [-0.15, -0.1) is 0 Å². The third-order valence-corrected chi connectivity index (χ3v) is 4.57. The lowest BCUT2D eigenvalue weighted by atomic mass is 9.90. The van der Waals surface area contributed by atoms with Gasteiger partial charge < -0.3 is 16.4 Å². The van der Waals surface area contributed by atoms with Gasteiger partial charge in [-0.2, -0.15) is 5.10 Å². The molecule has 0 radical (unpaired) electrons. The molecule has 1 aromatic heterocycles. The average Bonchev–Trinajstić information content (AvgIpc) is 2.84. The Morgan fingerprint density at radius 2 is 1.84 bits per heavy atom. The number of aromatic nitrogens is 2. The number of nitrogens with zero attached hydrogens (tertiary/aromatic N) is 2. The van der Waals surface area contributed by atoms with Gasteiger partial charge in [0.05, 0.1) is 17.4 Å². The van der Waals surface area contributed by atoms with E-state index in [0.717, 1.165) is 25.7 Å². The molecule has 140 valence electrons. The number of carbonyl (C=O) groups excluding carboxylic acids is 2. The Bertz CT molecular complexity index is 637. The minimum atomic E-state index is -0.665. The van der Waals surface area contributed by atoms with Gasteiger partial charge >= 0.3 is 0 Å². The molecule has 0 saturated heterocycles. The second kappa shape index (κ2) is 7.56. The first kappa shape index (κ1) is 19.4. The normalized spacial score (nSPS) is 17.2. The standard InChI is InChI=1S/C18H31N5O2/c1-11(19)16(24)21-13-14(23(5)22-15(13)18(2,3)4)17(25)20-12-9-7-6-8-10-12/h11-12H,6-10,19H2,1-5H3,(H,20,25)(H,21,24). The van der Waals surface area contributed by atoms with Crippen molar-refractivity contribution in [1.82, 2.24) is 15.1 Å². The number of hydrogen-bond donors (Lipinski definition) is 3. The van der Waals surface area contributed by atoms with Crippen molar-refractivity contribution < 1.29 is 9.59 Å². The number of aryl methyl sites for hydroxylation is 1. The molecule has 1 unspecified atom stereocenters. The van der Waals surface area contributed by atoms with Crippen LogP contribution in [-0.4, -0.2) is 33.7 Å². The maximum atomic E-state index is 12.9. The van der Waals surface area contributed by atoms with Crippen molar-refractivity contribution in [3.8, 4) is 0 Å². The molecule has 1 aromatic rings. The van der Waals surface area contributed by atoms with Gasteiger partial charge in [-0.3, -0.25) is 14.3 Å². The van der Waals surface area contributed by atoms with Gasteiger partial charge in [0.2, 0.25) is 5.91 Å². The van der Waals surface area contributed by atoms with Crippen LogP contribution in [0.3, 0.4) is 0 Å². The summed E-state index contributed by atoms with van der Waals surface area (Å²) >= 11 is 0. The molecule has 4 N–H and O–H groups in total. The lowest BCUT2D eigenvalue weighted by Gasteiger charge is -2.23. The molecule has 1 heterocycles. The number of hydrogen-bond acceptors (Lipinski definition) is 4. The van der Waals surface area contributed by atoms with E-state index < -0.39 is 6.04 Å². The quantitative estimate of drug-likeness (QED) is 0.774. The first-order chi connectivity index (χ1) is 11.6. The van der Waals surface area contributed by atoms with Crippen LogP contribution in [-0.2, 0) is 17.3 Å². The second-order valence-corrected chi connectivity index (χ2v) is 8.03. The molecule has 7 nitrogen and oxygen atoms in total. The average molecular weight is 349 g/mol. The molecule has 0 bridgehead atoms. The van der Waals surface area contributed by atoms with Gasteiger partial charge in [0.1, 0.15) is 5.69 Å². The Labute approximate surface area is 149 Å². The molecule has 1 saturated carbocycles. The van der Waals surface area contributed by atoms with E-state index in [1.165, 1.54) is 6.42 Å². The molecule has 2 amide bonds. The number of nitrogens with one attached hydrogen (secondary N) is 2. The number of rotatable bonds is 4. The molecule has 1 fully saturated rings. The minimum absolute atomic E-state index is 0.186. The van der Waals surface area contributed by atoms with Crippen molar-refractivity contribution in [1.29, 1.82) is 0 Å². The number of carbonyl (C=O) groups is 2. The van der Waals surface area contributed by atoms with Gasteiger partial charge in [0, 0.05) is 18.5 Å². The highest BCUT2D eigenvalue weighted by molar-refractivity contribution is 6.04. The molecule has 0 aromatic carbocycles. The van der Waals surface area contributed by atoms with E-state index in [2.05, 4.69) is 15.7 Å². The Kier molecular flexibility index (Phi) is 5.87. The van der Waals surface area contributed by atoms with E-state index in [1.807, 2.05) is 20.8 Å². The van der Waals surface area contributed by atoms with E-state index in [1.54, 1.807) is 18.7 Å². The van der Waals surface area contributed by atoms with Crippen molar-refractivity contribution >= 4 is 17.5 Å². The lowest BCUT2D eigenvalue weighted by Crippen LogP contribution is -2.38. The molecule has 1 aliphatic rings. The van der Waals surface area contributed by atoms with Crippen molar-refractivity contribution in [3.05, 3.63) is 11.4 Å². The van der Waals surface area contributed by atoms with E-state index in [9.17, 15) is 9.59 Å². The monoisotopic (exact) mass is 349 g/mol. The molecule has 25 heavy (non-hydrogen) atoms. The van der Waals surface area contributed by atoms with Crippen LogP contribution in [0.15, 0.2) is 0 Å². The summed E-state index contributed by atoms with van der Waals surface area (Å²) in [5.74, 6) is -0.525. The van der Waals surface area contributed by atoms with Crippen LogP contribution >= 0.6 is 0 Å². The summed E-state index contributed by atoms with van der Waals surface area (Å²) in [6, 6.07) is -0.478. The summed E-state index contributed by atoms with van der Waals surface area (Å²) in [5, 5.41) is 10.4. The Hall–Kier alpha value is -1.89. The molecular weight excluding hydrogens is 318 g/mol. The molecular formula is C18H31N5O2. The maximum absolute atomic E-state index is 12.9. The van der Waals surface area contributed by atoms with Crippen LogP contribution in [0.4, 0.5) is 5.69 Å². The second-order valence-electron chi connectivity index (χ2n) is 8.03. The summed E-state index contributed by atoms with van der Waals surface area (Å²) in [6.45, 7) is 7.61. The number of amides is 2. The van der Waals surface area contributed by atoms with Crippen molar-refractivity contribution in [2.75, 3.05) is 5.32 Å². The van der Waals surface area contributed by atoms with Crippen molar-refractivity contribution in [2.45, 2.75) is 77.3 Å². The van der Waals surface area contributed by atoms with E-state index in [0.29, 0.717) is 17.1 Å². The molecule has 1 aliphatic carbocycles. The predicted molar refractivity (Wildman–Crippen MR) is 98.5 cm³/mol. The van der Waals surface area contributed by atoms with Gasteiger partial charge in [-0.1, -0.05) is 40.0 Å². The largest absolute Gasteiger partial charge is 0.348 e. The minimum Gasteiger partial charge on any atom is -0.348 e. The van der Waals surface area contributed by atoms with E-state index in [4.69, 9.17) is 5.73 Å². The van der Waals surface area contributed by atoms with Gasteiger partial charge in [-0.05, 0) is 19.8 Å². The van der Waals surface area contributed by atoms with Gasteiger partial charge in [0.25, 0.3) is 5.91 Å². The highest BCUT2D eigenvalue weighted by atomic mass is 16.2. The zero-order valence-corrected chi connectivity index (χ0v) is 16.0. The topological polar surface area (TPSA) is 102 Å². The third kappa shape index (κ3) is 4.60. The third-order valence-electron chi connectivity index (χ3n) is 4.57. The summed E-state index contributed by atoms with van der Waals surface area (Å²) < 4.78 is 1.55. The number of nitrogens with two attached hydrogens (primary N) is 1. The summed E-state index contributed by atoms with van der Waals surface area (Å²) in [5.41, 5.74) is 6.89. The molecule has 0 aliphatic heterocycles. The fraction of sp³-hybridized carbons (Fsp3) is 0.722. The van der Waals surface area contributed by atoms with Crippen LogP contribution in [0.5, 0.6) is 0 Å². The van der Waals surface area contributed by atoms with Crippen LogP contribution in [0.1, 0.15) is 76.0 Å². The molecule has 0 spiro atoms.